The van der Waals surface area contributed by atoms with Crippen LogP contribution in [0.5, 0.6) is 0 Å². The van der Waals surface area contributed by atoms with Crippen molar-refractivity contribution in [2.24, 2.45) is 5.41 Å². The van der Waals surface area contributed by atoms with Gasteiger partial charge in [-0.1, -0.05) is 42.5 Å². The van der Waals surface area contributed by atoms with Crippen LogP contribution in [0.1, 0.15) is 23.3 Å². The van der Waals surface area contributed by atoms with Gasteiger partial charge in [0.25, 0.3) is 5.91 Å². The highest BCUT2D eigenvalue weighted by Gasteiger charge is 2.48. The summed E-state index contributed by atoms with van der Waals surface area (Å²) in [6.07, 6.45) is 1.35. The van der Waals surface area contributed by atoms with E-state index >= 15 is 0 Å². The molecule has 1 spiro atoms. The summed E-state index contributed by atoms with van der Waals surface area (Å²) >= 11 is 0. The molecule has 0 bridgehead atoms. The number of aromatic nitrogens is 1. The Bertz CT molecular complexity index is 1070. The van der Waals surface area contributed by atoms with Crippen LogP contribution < -0.4 is 4.90 Å². The van der Waals surface area contributed by atoms with E-state index < -0.39 is 0 Å². The zero-order valence-electron chi connectivity index (χ0n) is 15.5. The molecule has 2 fully saturated rings. The number of pyridine rings is 1. The van der Waals surface area contributed by atoms with E-state index in [0.717, 1.165) is 23.0 Å². The first kappa shape index (κ1) is 16.9. The van der Waals surface area contributed by atoms with Crippen molar-refractivity contribution in [3.05, 3.63) is 72.4 Å². The molecule has 0 N–H and O–H groups in total. The Morgan fingerprint density at radius 1 is 0.929 bits per heavy atom. The lowest BCUT2D eigenvalue weighted by molar-refractivity contribution is -0.117. The average Bonchev–Trinajstić information content (AvgIpc) is 3.30. The molecule has 2 aliphatic heterocycles. The number of benzene rings is 2. The lowest BCUT2D eigenvalue weighted by Crippen LogP contribution is -2.34. The van der Waals surface area contributed by atoms with Gasteiger partial charge in [0.05, 0.1) is 5.52 Å². The Morgan fingerprint density at radius 2 is 1.71 bits per heavy atom. The monoisotopic (exact) mass is 371 g/mol. The van der Waals surface area contributed by atoms with Crippen molar-refractivity contribution in [3.8, 4) is 0 Å². The minimum Gasteiger partial charge on any atom is -0.337 e. The van der Waals surface area contributed by atoms with Gasteiger partial charge in [-0.2, -0.15) is 0 Å². The fourth-order valence-electron chi connectivity index (χ4n) is 4.47. The summed E-state index contributed by atoms with van der Waals surface area (Å²) in [6, 6.07) is 21.3. The van der Waals surface area contributed by atoms with Crippen LogP contribution in [0.3, 0.4) is 0 Å². The Hall–Kier alpha value is -3.21. The van der Waals surface area contributed by atoms with Gasteiger partial charge in [-0.3, -0.25) is 9.59 Å². The topological polar surface area (TPSA) is 53.5 Å². The molecule has 2 saturated heterocycles. The van der Waals surface area contributed by atoms with Crippen molar-refractivity contribution in [3.63, 3.8) is 0 Å². The van der Waals surface area contributed by atoms with Crippen molar-refractivity contribution in [1.29, 1.82) is 0 Å². The predicted octanol–water partition coefficient (Wildman–Crippen LogP) is 3.50. The quantitative estimate of drug-likeness (QED) is 0.693. The van der Waals surface area contributed by atoms with Crippen molar-refractivity contribution in [1.82, 2.24) is 9.88 Å². The Kier molecular flexibility index (Phi) is 3.90. The summed E-state index contributed by atoms with van der Waals surface area (Å²) in [6.45, 7) is 1.95. The Morgan fingerprint density at radius 3 is 2.57 bits per heavy atom. The zero-order chi connectivity index (χ0) is 19.1. The van der Waals surface area contributed by atoms with E-state index in [1.54, 1.807) is 6.07 Å². The summed E-state index contributed by atoms with van der Waals surface area (Å²) in [7, 11) is 0. The second-order valence-electron chi connectivity index (χ2n) is 7.86. The molecule has 140 valence electrons. The van der Waals surface area contributed by atoms with Crippen LogP contribution in [0.25, 0.3) is 10.9 Å². The van der Waals surface area contributed by atoms with E-state index in [2.05, 4.69) is 4.98 Å². The van der Waals surface area contributed by atoms with Crippen molar-refractivity contribution in [2.75, 3.05) is 24.5 Å². The largest absolute Gasteiger partial charge is 0.337 e. The lowest BCUT2D eigenvalue weighted by atomic mass is 9.86. The smallest absolute Gasteiger partial charge is 0.272 e. The average molecular weight is 371 g/mol. The molecule has 3 aromatic rings. The molecule has 5 rings (SSSR count). The number of carbonyl (C=O) groups is 2. The summed E-state index contributed by atoms with van der Waals surface area (Å²) in [5.74, 6) is 0.0950. The summed E-state index contributed by atoms with van der Waals surface area (Å²) in [5.41, 5.74) is 2.08. The number of amides is 2. The molecule has 0 unspecified atom stereocenters. The molecule has 5 heteroatoms. The fourth-order valence-corrected chi connectivity index (χ4v) is 4.47. The highest BCUT2D eigenvalue weighted by Crippen LogP contribution is 2.42. The van der Waals surface area contributed by atoms with Gasteiger partial charge in [-0.15, -0.1) is 0 Å². The fraction of sp³-hybridized carbons (Fsp3) is 0.261. The third-order valence-corrected chi connectivity index (χ3v) is 5.93. The SMILES string of the molecule is O=C(c1ccc2ccccc2n1)N1CC[C@@]2(CC(=O)N(c3ccccc3)C2)C1. The first-order chi connectivity index (χ1) is 13.6. The van der Waals surface area contributed by atoms with E-state index in [4.69, 9.17) is 0 Å². The normalized spacial score (nSPS) is 21.8. The maximum atomic E-state index is 13.0. The zero-order valence-corrected chi connectivity index (χ0v) is 15.5. The van der Waals surface area contributed by atoms with Crippen molar-refractivity contribution < 1.29 is 9.59 Å². The molecule has 1 atom stereocenters. The molecule has 0 aliphatic carbocycles. The second-order valence-corrected chi connectivity index (χ2v) is 7.86. The number of likely N-dealkylation sites (tertiary alicyclic amines) is 1. The molecule has 5 nitrogen and oxygen atoms in total. The van der Waals surface area contributed by atoms with Crippen molar-refractivity contribution >= 4 is 28.4 Å². The second kappa shape index (κ2) is 6.44. The molecule has 0 saturated carbocycles. The standard InChI is InChI=1S/C23H21N3O2/c27-21-14-23(16-26(21)18-7-2-1-3-8-18)12-13-25(15-23)22(28)20-11-10-17-6-4-5-9-19(17)24-20/h1-11H,12-16H2/t23-/m1/s1. The van der Waals surface area contributed by atoms with Crippen LogP contribution in [0, 0.1) is 5.41 Å². The number of carbonyl (C=O) groups excluding carboxylic acids is 2. The first-order valence-corrected chi connectivity index (χ1v) is 9.64. The highest BCUT2D eigenvalue weighted by molar-refractivity contribution is 5.97. The van der Waals surface area contributed by atoms with Gasteiger partial charge >= 0.3 is 0 Å². The molecule has 28 heavy (non-hydrogen) atoms. The number of para-hydroxylation sites is 2. The summed E-state index contributed by atoms with van der Waals surface area (Å²) < 4.78 is 0. The van der Waals surface area contributed by atoms with E-state index in [0.29, 0.717) is 31.7 Å². The van der Waals surface area contributed by atoms with Gasteiger partial charge in [0.15, 0.2) is 0 Å². The predicted molar refractivity (Wildman–Crippen MR) is 108 cm³/mol. The number of hydrogen-bond donors (Lipinski definition) is 0. The van der Waals surface area contributed by atoms with Gasteiger partial charge < -0.3 is 9.80 Å². The van der Waals surface area contributed by atoms with Gasteiger partial charge in [-0.25, -0.2) is 4.98 Å². The van der Waals surface area contributed by atoms with E-state index in [-0.39, 0.29) is 17.2 Å². The van der Waals surface area contributed by atoms with Crippen LogP contribution in [0.4, 0.5) is 5.69 Å². The van der Waals surface area contributed by atoms with E-state index in [9.17, 15) is 9.59 Å². The molecule has 2 amide bonds. The van der Waals surface area contributed by atoms with Gasteiger partial charge in [0, 0.05) is 42.5 Å². The number of anilines is 1. The highest BCUT2D eigenvalue weighted by atomic mass is 16.2. The van der Waals surface area contributed by atoms with Crippen LogP contribution >= 0.6 is 0 Å². The van der Waals surface area contributed by atoms with E-state index in [1.165, 1.54) is 0 Å². The van der Waals surface area contributed by atoms with Crippen LogP contribution in [-0.2, 0) is 4.79 Å². The minimum atomic E-state index is -0.153. The molecule has 0 radical (unpaired) electrons. The number of fused-ring (bicyclic) bond motifs is 1. The van der Waals surface area contributed by atoms with Crippen molar-refractivity contribution in [2.45, 2.75) is 12.8 Å². The van der Waals surface area contributed by atoms with Crippen LogP contribution in [0.2, 0.25) is 0 Å². The molecular formula is C23H21N3O2. The number of rotatable bonds is 2. The minimum absolute atomic E-state index is 0.0479. The summed E-state index contributed by atoms with van der Waals surface area (Å²) in [4.78, 5) is 33.9. The third kappa shape index (κ3) is 2.83. The Balaban J connectivity index is 1.35. The van der Waals surface area contributed by atoms with Crippen LogP contribution in [0.15, 0.2) is 66.7 Å². The molecular weight excluding hydrogens is 350 g/mol. The van der Waals surface area contributed by atoms with Gasteiger partial charge in [-0.05, 0) is 30.7 Å². The number of hydrogen-bond acceptors (Lipinski definition) is 3. The number of nitrogens with zero attached hydrogens (tertiary/aromatic N) is 3. The lowest BCUT2D eigenvalue weighted by Gasteiger charge is -2.24. The molecule has 3 heterocycles. The maximum absolute atomic E-state index is 13.0. The maximum Gasteiger partial charge on any atom is 0.272 e. The van der Waals surface area contributed by atoms with Crippen LogP contribution in [-0.4, -0.2) is 41.3 Å². The van der Waals surface area contributed by atoms with E-state index in [1.807, 2.05) is 70.5 Å². The third-order valence-electron chi connectivity index (χ3n) is 5.93. The summed E-state index contributed by atoms with van der Waals surface area (Å²) in [5, 5.41) is 1.02. The van der Waals surface area contributed by atoms with Gasteiger partial charge in [0.1, 0.15) is 5.69 Å². The molecule has 2 aromatic carbocycles. The van der Waals surface area contributed by atoms with Gasteiger partial charge in [0.2, 0.25) is 5.91 Å². The molecule has 2 aliphatic rings. The Labute approximate surface area is 163 Å². The molecule has 1 aromatic heterocycles. The first-order valence-electron chi connectivity index (χ1n) is 9.64.